The summed E-state index contributed by atoms with van der Waals surface area (Å²) in [5, 5.41) is 3.60. The van der Waals surface area contributed by atoms with Gasteiger partial charge in [0.25, 0.3) is 0 Å². The van der Waals surface area contributed by atoms with Gasteiger partial charge in [-0.25, -0.2) is 0 Å². The maximum absolute atomic E-state index is 6.21. The molecule has 16 heavy (non-hydrogen) atoms. The van der Waals surface area contributed by atoms with Gasteiger partial charge >= 0.3 is 0 Å². The molecule has 0 amide bonds. The average molecular weight is 225 g/mol. The SMILES string of the molecule is CCNC1CCOC2(C1)CC(C)(C)CC2C. The lowest BCUT2D eigenvalue weighted by Gasteiger charge is -2.42. The number of nitrogens with one attached hydrogen (secondary N) is 1. The summed E-state index contributed by atoms with van der Waals surface area (Å²) in [4.78, 5) is 0. The highest BCUT2D eigenvalue weighted by Crippen LogP contribution is 2.52. The first-order chi connectivity index (χ1) is 7.47. The molecular formula is C14H27NO. The molecule has 1 saturated heterocycles. The second kappa shape index (κ2) is 4.30. The topological polar surface area (TPSA) is 21.3 Å². The monoisotopic (exact) mass is 225 g/mol. The Hall–Kier alpha value is -0.0800. The number of rotatable bonds is 2. The number of ether oxygens (including phenoxy) is 1. The van der Waals surface area contributed by atoms with Crippen LogP contribution in [0.5, 0.6) is 0 Å². The minimum Gasteiger partial charge on any atom is -0.375 e. The summed E-state index contributed by atoms with van der Waals surface area (Å²) in [6.45, 7) is 11.4. The van der Waals surface area contributed by atoms with E-state index < -0.39 is 0 Å². The smallest absolute Gasteiger partial charge is 0.0728 e. The molecular weight excluding hydrogens is 198 g/mol. The molecule has 1 saturated carbocycles. The van der Waals surface area contributed by atoms with E-state index in [2.05, 4.69) is 33.0 Å². The highest BCUT2D eigenvalue weighted by atomic mass is 16.5. The molecule has 2 aliphatic rings. The molecule has 1 aliphatic heterocycles. The maximum atomic E-state index is 6.21. The van der Waals surface area contributed by atoms with Crippen LogP contribution in [0.4, 0.5) is 0 Å². The maximum Gasteiger partial charge on any atom is 0.0728 e. The third kappa shape index (κ3) is 2.28. The van der Waals surface area contributed by atoms with Crippen LogP contribution in [0.1, 0.15) is 53.4 Å². The highest BCUT2D eigenvalue weighted by molar-refractivity contribution is 5.03. The number of hydrogen-bond acceptors (Lipinski definition) is 2. The van der Waals surface area contributed by atoms with Gasteiger partial charge in [0.15, 0.2) is 0 Å². The zero-order valence-corrected chi connectivity index (χ0v) is 11.3. The average Bonchev–Trinajstić information content (AvgIpc) is 2.37. The Morgan fingerprint density at radius 3 is 2.62 bits per heavy atom. The molecule has 0 aromatic rings. The summed E-state index contributed by atoms with van der Waals surface area (Å²) in [5.74, 6) is 0.712. The van der Waals surface area contributed by atoms with E-state index >= 15 is 0 Å². The minimum atomic E-state index is 0.175. The van der Waals surface area contributed by atoms with Crippen LogP contribution in [0.3, 0.4) is 0 Å². The third-order valence-corrected chi connectivity index (χ3v) is 4.48. The fourth-order valence-electron chi connectivity index (χ4n) is 3.98. The zero-order valence-electron chi connectivity index (χ0n) is 11.3. The molecule has 2 rings (SSSR count). The van der Waals surface area contributed by atoms with Gasteiger partial charge in [0.1, 0.15) is 0 Å². The molecule has 0 aromatic carbocycles. The molecule has 0 bridgehead atoms. The van der Waals surface area contributed by atoms with Crippen molar-refractivity contribution in [2.24, 2.45) is 11.3 Å². The van der Waals surface area contributed by atoms with Gasteiger partial charge in [0.05, 0.1) is 5.60 Å². The molecule has 2 heteroatoms. The van der Waals surface area contributed by atoms with Crippen molar-refractivity contribution in [2.45, 2.75) is 65.0 Å². The minimum absolute atomic E-state index is 0.175. The van der Waals surface area contributed by atoms with E-state index in [0.29, 0.717) is 17.4 Å². The summed E-state index contributed by atoms with van der Waals surface area (Å²) in [6, 6.07) is 0.676. The standard InChI is InChI=1S/C14H27NO/c1-5-15-12-6-7-16-14(9-12)10-13(3,4)8-11(14)2/h11-12,15H,5-10H2,1-4H3. The predicted octanol–water partition coefficient (Wildman–Crippen LogP) is 2.97. The Kier molecular flexibility index (Phi) is 3.33. The van der Waals surface area contributed by atoms with Crippen molar-refractivity contribution >= 4 is 0 Å². The first-order valence-corrected chi connectivity index (χ1v) is 6.85. The Bertz CT molecular complexity index is 249. The van der Waals surface area contributed by atoms with Crippen LogP contribution in [0.15, 0.2) is 0 Å². The van der Waals surface area contributed by atoms with Gasteiger partial charge < -0.3 is 10.1 Å². The molecule has 1 heterocycles. The van der Waals surface area contributed by atoms with E-state index in [1.807, 2.05) is 0 Å². The van der Waals surface area contributed by atoms with E-state index in [0.717, 1.165) is 13.2 Å². The van der Waals surface area contributed by atoms with E-state index in [-0.39, 0.29) is 5.60 Å². The van der Waals surface area contributed by atoms with Crippen molar-refractivity contribution in [1.29, 1.82) is 0 Å². The normalized spacial score (nSPS) is 42.8. The second-order valence-electron chi connectivity index (χ2n) is 6.61. The molecule has 3 atom stereocenters. The van der Waals surface area contributed by atoms with Gasteiger partial charge in [-0.3, -0.25) is 0 Å². The van der Waals surface area contributed by atoms with E-state index in [9.17, 15) is 0 Å². The fourth-order valence-corrected chi connectivity index (χ4v) is 3.98. The second-order valence-corrected chi connectivity index (χ2v) is 6.61. The lowest BCUT2D eigenvalue weighted by Crippen LogP contribution is -2.48. The molecule has 0 aromatic heterocycles. The molecule has 1 N–H and O–H groups in total. The summed E-state index contributed by atoms with van der Waals surface area (Å²) in [6.07, 6.45) is 4.95. The van der Waals surface area contributed by atoms with Gasteiger partial charge in [-0.2, -0.15) is 0 Å². The molecule has 94 valence electrons. The molecule has 1 aliphatic carbocycles. The Morgan fingerprint density at radius 2 is 2.06 bits per heavy atom. The molecule has 2 nitrogen and oxygen atoms in total. The first-order valence-electron chi connectivity index (χ1n) is 6.85. The Morgan fingerprint density at radius 1 is 1.31 bits per heavy atom. The van der Waals surface area contributed by atoms with E-state index in [1.165, 1.54) is 25.7 Å². The van der Waals surface area contributed by atoms with Gasteiger partial charge in [0.2, 0.25) is 0 Å². The summed E-state index contributed by atoms with van der Waals surface area (Å²) in [5.41, 5.74) is 0.641. The first kappa shape index (κ1) is 12.4. The van der Waals surface area contributed by atoms with Crippen molar-refractivity contribution < 1.29 is 4.74 Å². The zero-order chi connectivity index (χ0) is 11.8. The van der Waals surface area contributed by atoms with Crippen LogP contribution in [0.2, 0.25) is 0 Å². The fraction of sp³-hybridized carbons (Fsp3) is 1.00. The quantitative estimate of drug-likeness (QED) is 0.780. The van der Waals surface area contributed by atoms with Crippen LogP contribution in [-0.4, -0.2) is 24.8 Å². The van der Waals surface area contributed by atoms with Crippen LogP contribution in [-0.2, 0) is 4.74 Å². The molecule has 3 unspecified atom stereocenters. The van der Waals surface area contributed by atoms with Crippen LogP contribution in [0.25, 0.3) is 0 Å². The Balaban J connectivity index is 2.07. The predicted molar refractivity (Wildman–Crippen MR) is 67.6 cm³/mol. The summed E-state index contributed by atoms with van der Waals surface area (Å²) < 4.78 is 6.21. The van der Waals surface area contributed by atoms with Crippen molar-refractivity contribution in [3.8, 4) is 0 Å². The molecule has 0 radical (unpaired) electrons. The molecule has 1 spiro atoms. The summed E-state index contributed by atoms with van der Waals surface area (Å²) >= 11 is 0. The van der Waals surface area contributed by atoms with Gasteiger partial charge in [-0.1, -0.05) is 27.7 Å². The highest BCUT2D eigenvalue weighted by Gasteiger charge is 2.51. The van der Waals surface area contributed by atoms with Crippen LogP contribution < -0.4 is 5.32 Å². The molecule has 2 fully saturated rings. The van der Waals surface area contributed by atoms with Gasteiger partial charge in [0, 0.05) is 12.6 Å². The van der Waals surface area contributed by atoms with Crippen molar-refractivity contribution in [1.82, 2.24) is 5.32 Å². The third-order valence-electron chi connectivity index (χ3n) is 4.48. The van der Waals surface area contributed by atoms with Gasteiger partial charge in [-0.05, 0) is 43.6 Å². The lowest BCUT2D eigenvalue weighted by atomic mass is 9.81. The number of hydrogen-bond donors (Lipinski definition) is 1. The Labute approximate surface area is 100 Å². The van der Waals surface area contributed by atoms with Crippen LogP contribution in [0, 0.1) is 11.3 Å². The van der Waals surface area contributed by atoms with E-state index in [4.69, 9.17) is 4.74 Å². The van der Waals surface area contributed by atoms with Crippen molar-refractivity contribution in [3.63, 3.8) is 0 Å². The lowest BCUT2D eigenvalue weighted by molar-refractivity contribution is -0.111. The largest absolute Gasteiger partial charge is 0.375 e. The van der Waals surface area contributed by atoms with Crippen LogP contribution >= 0.6 is 0 Å². The van der Waals surface area contributed by atoms with Crippen molar-refractivity contribution in [3.05, 3.63) is 0 Å². The van der Waals surface area contributed by atoms with E-state index in [1.54, 1.807) is 0 Å². The van der Waals surface area contributed by atoms with Crippen molar-refractivity contribution in [2.75, 3.05) is 13.2 Å². The summed E-state index contributed by atoms with van der Waals surface area (Å²) in [7, 11) is 0. The van der Waals surface area contributed by atoms with Gasteiger partial charge in [-0.15, -0.1) is 0 Å².